The quantitative estimate of drug-likeness (QED) is 0.873. The number of nitrogens with zero attached hydrogens (tertiary/aromatic N) is 1. The van der Waals surface area contributed by atoms with Gasteiger partial charge in [-0.15, -0.1) is 0 Å². The highest BCUT2D eigenvalue weighted by Crippen LogP contribution is 2.32. The van der Waals surface area contributed by atoms with Gasteiger partial charge in [-0.25, -0.2) is 8.78 Å². The van der Waals surface area contributed by atoms with E-state index in [0.29, 0.717) is 25.7 Å². The van der Waals surface area contributed by atoms with Gasteiger partial charge in [0, 0.05) is 17.7 Å². The van der Waals surface area contributed by atoms with Crippen LogP contribution in [0.15, 0.2) is 18.2 Å². The lowest BCUT2D eigenvalue weighted by Crippen LogP contribution is -2.42. The predicted molar refractivity (Wildman–Crippen MR) is 72.2 cm³/mol. The van der Waals surface area contributed by atoms with Crippen LogP contribution in [0.2, 0.25) is 0 Å². The molecule has 1 aliphatic heterocycles. The van der Waals surface area contributed by atoms with E-state index >= 15 is 0 Å². The van der Waals surface area contributed by atoms with Crippen molar-refractivity contribution in [1.29, 1.82) is 0 Å². The Hall–Kier alpha value is -1.53. The number of aliphatic hydroxyl groups excluding tert-OH is 1. The third-order valence-electron chi connectivity index (χ3n) is 4.33. The molecule has 1 aromatic rings. The summed E-state index contributed by atoms with van der Waals surface area (Å²) in [6, 6.07) is 3.41. The molecule has 1 saturated carbocycles. The average Bonchev–Trinajstić information content (AvgIpc) is 2.82. The van der Waals surface area contributed by atoms with Gasteiger partial charge in [0.05, 0.1) is 12.6 Å². The summed E-state index contributed by atoms with van der Waals surface area (Å²) in [4.78, 5) is 13.8. The molecule has 1 aliphatic carbocycles. The van der Waals surface area contributed by atoms with Gasteiger partial charge < -0.3 is 10.0 Å². The van der Waals surface area contributed by atoms with Gasteiger partial charge >= 0.3 is 0 Å². The Balaban J connectivity index is 1.85. The van der Waals surface area contributed by atoms with E-state index in [1.165, 1.54) is 12.1 Å². The minimum absolute atomic E-state index is 0.00893. The van der Waals surface area contributed by atoms with E-state index in [1.54, 1.807) is 4.90 Å². The molecule has 1 heterocycles. The van der Waals surface area contributed by atoms with Crippen molar-refractivity contribution in [3.05, 3.63) is 35.4 Å². The van der Waals surface area contributed by atoms with Gasteiger partial charge in [0.25, 0.3) is 0 Å². The zero-order valence-corrected chi connectivity index (χ0v) is 11.6. The standard InChI is InChI=1S/C15H18F2N2O2/c16-9-1-6-12(13(17)7-9)15-18-8-14(21)19(15)10-2-4-11(20)5-3-10/h1,6-7,10-11,15,18,20H,2-5,8H2. The number of rotatable bonds is 2. The predicted octanol–water partition coefficient (Wildman–Crippen LogP) is 1.70. The Bertz CT molecular complexity index is 544. The van der Waals surface area contributed by atoms with Crippen LogP contribution in [0, 0.1) is 11.6 Å². The molecular weight excluding hydrogens is 278 g/mol. The molecule has 0 aromatic heterocycles. The van der Waals surface area contributed by atoms with Gasteiger partial charge in [0.2, 0.25) is 5.91 Å². The minimum Gasteiger partial charge on any atom is -0.393 e. The lowest BCUT2D eigenvalue weighted by molar-refractivity contribution is -0.131. The van der Waals surface area contributed by atoms with Crippen molar-refractivity contribution in [2.75, 3.05) is 6.54 Å². The smallest absolute Gasteiger partial charge is 0.238 e. The molecule has 1 amide bonds. The van der Waals surface area contributed by atoms with E-state index in [1.807, 2.05) is 0 Å². The first-order valence-corrected chi connectivity index (χ1v) is 7.24. The number of hydrogen-bond donors (Lipinski definition) is 2. The minimum atomic E-state index is -0.650. The highest BCUT2D eigenvalue weighted by molar-refractivity contribution is 5.81. The van der Waals surface area contributed by atoms with Crippen LogP contribution in [0.1, 0.15) is 37.4 Å². The topological polar surface area (TPSA) is 52.6 Å². The molecule has 1 saturated heterocycles. The first-order chi connectivity index (χ1) is 10.1. The fourth-order valence-electron chi connectivity index (χ4n) is 3.25. The highest BCUT2D eigenvalue weighted by atomic mass is 19.1. The SMILES string of the molecule is O=C1CNC(c2ccc(F)cc2F)N1C1CCC(O)CC1. The lowest BCUT2D eigenvalue weighted by Gasteiger charge is -2.36. The largest absolute Gasteiger partial charge is 0.393 e. The highest BCUT2D eigenvalue weighted by Gasteiger charge is 2.39. The molecule has 1 aromatic carbocycles. The zero-order chi connectivity index (χ0) is 15.0. The molecule has 21 heavy (non-hydrogen) atoms. The number of hydrogen-bond acceptors (Lipinski definition) is 3. The Labute approximate surface area is 121 Å². The van der Waals surface area contributed by atoms with E-state index in [4.69, 9.17) is 0 Å². The van der Waals surface area contributed by atoms with Crippen molar-refractivity contribution in [3.8, 4) is 0 Å². The van der Waals surface area contributed by atoms with Gasteiger partial charge in [0.1, 0.15) is 17.8 Å². The summed E-state index contributed by atoms with van der Waals surface area (Å²) in [5.74, 6) is -1.36. The third-order valence-corrected chi connectivity index (χ3v) is 4.33. The second-order valence-corrected chi connectivity index (χ2v) is 5.71. The maximum Gasteiger partial charge on any atom is 0.238 e. The number of benzene rings is 1. The van der Waals surface area contributed by atoms with Crippen LogP contribution in [-0.2, 0) is 4.79 Å². The molecule has 2 aliphatic rings. The van der Waals surface area contributed by atoms with Crippen molar-refractivity contribution < 1.29 is 18.7 Å². The fourth-order valence-corrected chi connectivity index (χ4v) is 3.25. The summed E-state index contributed by atoms with van der Waals surface area (Å²) in [6.45, 7) is 0.153. The number of carbonyl (C=O) groups excluding carboxylic acids is 1. The first-order valence-electron chi connectivity index (χ1n) is 7.24. The van der Waals surface area contributed by atoms with Crippen LogP contribution in [-0.4, -0.2) is 34.6 Å². The second kappa shape index (κ2) is 5.69. The van der Waals surface area contributed by atoms with E-state index in [0.717, 1.165) is 6.07 Å². The average molecular weight is 296 g/mol. The van der Waals surface area contributed by atoms with E-state index in [2.05, 4.69) is 5.32 Å². The Morgan fingerprint density at radius 1 is 1.19 bits per heavy atom. The van der Waals surface area contributed by atoms with Crippen molar-refractivity contribution in [2.24, 2.45) is 0 Å². The van der Waals surface area contributed by atoms with Gasteiger partial charge in [0.15, 0.2) is 0 Å². The molecule has 0 bridgehead atoms. The maximum absolute atomic E-state index is 14.0. The number of carbonyl (C=O) groups is 1. The molecule has 2 N–H and O–H groups in total. The summed E-state index contributed by atoms with van der Waals surface area (Å²) in [6.07, 6.45) is 1.83. The third kappa shape index (κ3) is 2.78. The van der Waals surface area contributed by atoms with Crippen LogP contribution in [0.4, 0.5) is 8.78 Å². The van der Waals surface area contributed by atoms with E-state index in [-0.39, 0.29) is 30.2 Å². The monoisotopic (exact) mass is 296 g/mol. The fraction of sp³-hybridized carbons (Fsp3) is 0.533. The molecule has 1 atom stereocenters. The zero-order valence-electron chi connectivity index (χ0n) is 11.6. The van der Waals surface area contributed by atoms with Gasteiger partial charge in [-0.2, -0.15) is 0 Å². The van der Waals surface area contributed by atoms with Crippen molar-refractivity contribution in [1.82, 2.24) is 10.2 Å². The normalized spacial score (nSPS) is 30.0. The Morgan fingerprint density at radius 3 is 2.57 bits per heavy atom. The van der Waals surface area contributed by atoms with Gasteiger partial charge in [-0.05, 0) is 37.8 Å². The molecule has 4 nitrogen and oxygen atoms in total. The van der Waals surface area contributed by atoms with Gasteiger partial charge in [-0.1, -0.05) is 0 Å². The van der Waals surface area contributed by atoms with Crippen LogP contribution >= 0.6 is 0 Å². The first kappa shape index (κ1) is 14.4. The molecule has 0 spiro atoms. The summed E-state index contributed by atoms with van der Waals surface area (Å²) in [5.41, 5.74) is 0.286. The molecule has 2 fully saturated rings. The molecule has 6 heteroatoms. The summed E-state index contributed by atoms with van der Waals surface area (Å²) >= 11 is 0. The Kier molecular flexibility index (Phi) is 3.91. The maximum atomic E-state index is 14.0. The molecule has 1 unspecified atom stereocenters. The van der Waals surface area contributed by atoms with Crippen molar-refractivity contribution in [3.63, 3.8) is 0 Å². The van der Waals surface area contributed by atoms with Crippen LogP contribution < -0.4 is 5.32 Å². The molecule has 0 radical (unpaired) electrons. The molecule has 114 valence electrons. The summed E-state index contributed by atoms with van der Waals surface area (Å²) in [7, 11) is 0. The number of nitrogens with one attached hydrogen (secondary N) is 1. The second-order valence-electron chi connectivity index (χ2n) is 5.71. The van der Waals surface area contributed by atoms with Crippen molar-refractivity contribution in [2.45, 2.75) is 44.0 Å². The lowest BCUT2D eigenvalue weighted by atomic mass is 9.91. The number of halogens is 2. The summed E-state index contributed by atoms with van der Waals surface area (Å²) < 4.78 is 27.0. The van der Waals surface area contributed by atoms with Crippen molar-refractivity contribution >= 4 is 5.91 Å². The van der Waals surface area contributed by atoms with E-state index in [9.17, 15) is 18.7 Å². The van der Waals surface area contributed by atoms with Crippen LogP contribution in [0.3, 0.4) is 0 Å². The molecule has 3 rings (SSSR count). The Morgan fingerprint density at radius 2 is 1.90 bits per heavy atom. The summed E-state index contributed by atoms with van der Waals surface area (Å²) in [5, 5.41) is 12.6. The van der Waals surface area contributed by atoms with E-state index < -0.39 is 17.8 Å². The van der Waals surface area contributed by atoms with Gasteiger partial charge in [-0.3, -0.25) is 10.1 Å². The van der Waals surface area contributed by atoms with Crippen LogP contribution in [0.5, 0.6) is 0 Å². The number of amides is 1. The number of aliphatic hydroxyl groups is 1. The molecular formula is C15H18F2N2O2. The van der Waals surface area contributed by atoms with Crippen LogP contribution in [0.25, 0.3) is 0 Å².